The second-order valence-electron chi connectivity index (χ2n) is 5.25. The summed E-state index contributed by atoms with van der Waals surface area (Å²) < 4.78 is 7.81. The molecule has 1 unspecified atom stereocenters. The van der Waals surface area contributed by atoms with E-state index in [0.29, 0.717) is 12.6 Å². The maximum Gasteiger partial charge on any atom is 0.0906 e. The molecule has 0 saturated carbocycles. The Morgan fingerprint density at radius 2 is 2.28 bits per heavy atom. The van der Waals surface area contributed by atoms with Crippen LogP contribution in [-0.2, 0) is 11.3 Å². The molecule has 0 bridgehead atoms. The van der Waals surface area contributed by atoms with Gasteiger partial charge in [0.2, 0.25) is 0 Å². The fourth-order valence-electron chi connectivity index (χ4n) is 2.27. The Hall–Kier alpha value is -0.870. The van der Waals surface area contributed by atoms with Gasteiger partial charge in [-0.3, -0.25) is 4.68 Å². The highest BCUT2D eigenvalue weighted by Gasteiger charge is 2.13. The molecule has 0 amide bonds. The second kappa shape index (κ2) is 6.90. The van der Waals surface area contributed by atoms with Crippen molar-refractivity contribution in [2.24, 2.45) is 5.92 Å². The zero-order valence-corrected chi connectivity index (χ0v) is 11.6. The Balaban J connectivity index is 1.71. The highest BCUT2D eigenvalue weighted by atomic mass is 16.5. The molecule has 102 valence electrons. The van der Waals surface area contributed by atoms with Crippen molar-refractivity contribution in [3.05, 3.63) is 18.0 Å². The Bertz CT molecular complexity index is 345. The van der Waals surface area contributed by atoms with Crippen LogP contribution in [0.2, 0.25) is 0 Å². The third kappa shape index (κ3) is 3.82. The van der Waals surface area contributed by atoms with Crippen molar-refractivity contribution in [3.63, 3.8) is 0 Å². The minimum absolute atomic E-state index is 0.475. The maximum atomic E-state index is 5.78. The van der Waals surface area contributed by atoms with Gasteiger partial charge in [0, 0.05) is 12.2 Å². The third-order valence-corrected chi connectivity index (χ3v) is 3.77. The quantitative estimate of drug-likeness (QED) is 0.843. The van der Waals surface area contributed by atoms with Gasteiger partial charge in [-0.05, 0) is 51.3 Å². The lowest BCUT2D eigenvalue weighted by Gasteiger charge is -2.22. The van der Waals surface area contributed by atoms with Gasteiger partial charge < -0.3 is 10.1 Å². The molecular formula is C14H25N3O. The largest absolute Gasteiger partial charge is 0.375 e. The molecule has 1 aromatic heterocycles. The first-order valence-corrected chi connectivity index (χ1v) is 7.12. The molecule has 4 nitrogen and oxygen atoms in total. The van der Waals surface area contributed by atoms with Gasteiger partial charge in [-0.15, -0.1) is 0 Å². The summed E-state index contributed by atoms with van der Waals surface area (Å²) in [6, 6.07) is 2.54. The normalized spacial score (nSPS) is 19.0. The van der Waals surface area contributed by atoms with Crippen LogP contribution in [0, 0.1) is 5.92 Å². The predicted molar refractivity (Wildman–Crippen MR) is 72.5 cm³/mol. The molecular weight excluding hydrogens is 226 g/mol. The van der Waals surface area contributed by atoms with Crippen molar-refractivity contribution in [1.29, 1.82) is 0 Å². The second-order valence-corrected chi connectivity index (χ2v) is 5.25. The van der Waals surface area contributed by atoms with Crippen LogP contribution in [0.1, 0.15) is 44.8 Å². The molecule has 18 heavy (non-hydrogen) atoms. The molecule has 0 aliphatic carbocycles. The Morgan fingerprint density at radius 3 is 3.00 bits per heavy atom. The summed E-state index contributed by atoms with van der Waals surface area (Å²) in [7, 11) is 0. The minimum Gasteiger partial charge on any atom is -0.375 e. The van der Waals surface area contributed by atoms with Crippen molar-refractivity contribution in [2.75, 3.05) is 19.7 Å². The van der Waals surface area contributed by atoms with E-state index in [9.17, 15) is 0 Å². The number of aromatic nitrogens is 2. The van der Waals surface area contributed by atoms with E-state index in [1.54, 1.807) is 0 Å². The van der Waals surface area contributed by atoms with Crippen LogP contribution in [0.4, 0.5) is 0 Å². The van der Waals surface area contributed by atoms with Crippen LogP contribution >= 0.6 is 0 Å². The average Bonchev–Trinajstić information content (AvgIpc) is 2.88. The molecule has 1 aliphatic heterocycles. The number of nitrogens with one attached hydrogen (secondary N) is 1. The molecule has 1 N–H and O–H groups in total. The molecule has 2 heterocycles. The maximum absolute atomic E-state index is 5.78. The summed E-state index contributed by atoms with van der Waals surface area (Å²) in [6.45, 7) is 8.16. The number of rotatable bonds is 6. The molecule has 1 aliphatic rings. The van der Waals surface area contributed by atoms with Crippen LogP contribution in [0.5, 0.6) is 0 Å². The Kier molecular flexibility index (Phi) is 5.20. The summed E-state index contributed by atoms with van der Waals surface area (Å²) in [5, 5.41) is 7.92. The van der Waals surface area contributed by atoms with Crippen molar-refractivity contribution in [3.8, 4) is 0 Å². The average molecular weight is 251 g/mol. The van der Waals surface area contributed by atoms with E-state index in [-0.39, 0.29) is 0 Å². The molecule has 1 fully saturated rings. The SMILES string of the molecule is CCC(C)n1ccc(COCC2CCNCC2)n1. The lowest BCUT2D eigenvalue weighted by atomic mass is 9.99. The summed E-state index contributed by atoms with van der Waals surface area (Å²) in [6.07, 6.45) is 5.64. The number of hydrogen-bond acceptors (Lipinski definition) is 3. The fourth-order valence-corrected chi connectivity index (χ4v) is 2.27. The van der Waals surface area contributed by atoms with Gasteiger partial charge in [0.1, 0.15) is 0 Å². The smallest absolute Gasteiger partial charge is 0.0906 e. The number of hydrogen-bond donors (Lipinski definition) is 1. The minimum atomic E-state index is 0.475. The van der Waals surface area contributed by atoms with Crippen LogP contribution in [0.3, 0.4) is 0 Å². The molecule has 2 rings (SSSR count). The van der Waals surface area contributed by atoms with Crippen molar-refractivity contribution < 1.29 is 4.74 Å². The molecule has 1 aromatic rings. The monoisotopic (exact) mass is 251 g/mol. The summed E-state index contributed by atoms with van der Waals surface area (Å²) >= 11 is 0. The highest BCUT2D eigenvalue weighted by Crippen LogP contribution is 2.13. The van der Waals surface area contributed by atoms with Gasteiger partial charge in [0.05, 0.1) is 18.9 Å². The van der Waals surface area contributed by atoms with Crippen molar-refractivity contribution >= 4 is 0 Å². The topological polar surface area (TPSA) is 39.1 Å². The van der Waals surface area contributed by atoms with E-state index >= 15 is 0 Å². The number of piperidine rings is 1. The van der Waals surface area contributed by atoms with Crippen LogP contribution in [0.25, 0.3) is 0 Å². The van der Waals surface area contributed by atoms with E-state index in [2.05, 4.69) is 36.5 Å². The van der Waals surface area contributed by atoms with E-state index in [1.807, 2.05) is 4.68 Å². The molecule has 4 heteroatoms. The zero-order chi connectivity index (χ0) is 12.8. The Morgan fingerprint density at radius 1 is 1.50 bits per heavy atom. The van der Waals surface area contributed by atoms with Gasteiger partial charge in [-0.25, -0.2) is 0 Å². The van der Waals surface area contributed by atoms with Crippen LogP contribution < -0.4 is 5.32 Å². The van der Waals surface area contributed by atoms with E-state index in [1.165, 1.54) is 12.8 Å². The number of nitrogens with zero attached hydrogens (tertiary/aromatic N) is 2. The lowest BCUT2D eigenvalue weighted by molar-refractivity contribution is 0.0740. The van der Waals surface area contributed by atoms with Crippen LogP contribution in [0.15, 0.2) is 12.3 Å². The first-order valence-electron chi connectivity index (χ1n) is 7.12. The van der Waals surface area contributed by atoms with Gasteiger partial charge in [-0.1, -0.05) is 6.92 Å². The summed E-state index contributed by atoms with van der Waals surface area (Å²) in [5.74, 6) is 0.725. The first-order chi connectivity index (χ1) is 8.79. The third-order valence-electron chi connectivity index (χ3n) is 3.77. The van der Waals surface area contributed by atoms with Gasteiger partial charge in [-0.2, -0.15) is 5.10 Å². The van der Waals surface area contributed by atoms with E-state index in [0.717, 1.165) is 37.7 Å². The van der Waals surface area contributed by atoms with Gasteiger partial charge in [0.15, 0.2) is 0 Å². The molecule has 1 atom stereocenters. The van der Waals surface area contributed by atoms with Crippen molar-refractivity contribution in [2.45, 2.75) is 45.8 Å². The molecule has 0 radical (unpaired) electrons. The number of ether oxygens (including phenoxy) is 1. The molecule has 0 spiro atoms. The predicted octanol–water partition coefficient (Wildman–Crippen LogP) is 2.37. The van der Waals surface area contributed by atoms with Crippen LogP contribution in [-0.4, -0.2) is 29.5 Å². The standard InChI is InChI=1S/C14H25N3O/c1-3-12(2)17-9-6-14(16-17)11-18-10-13-4-7-15-8-5-13/h6,9,12-13,15H,3-5,7-8,10-11H2,1-2H3. The highest BCUT2D eigenvalue weighted by molar-refractivity contribution is 4.97. The summed E-state index contributed by atoms with van der Waals surface area (Å²) in [4.78, 5) is 0. The Labute approximate surface area is 110 Å². The van der Waals surface area contributed by atoms with Gasteiger partial charge >= 0.3 is 0 Å². The summed E-state index contributed by atoms with van der Waals surface area (Å²) in [5.41, 5.74) is 1.05. The lowest BCUT2D eigenvalue weighted by Crippen LogP contribution is -2.29. The zero-order valence-electron chi connectivity index (χ0n) is 11.6. The molecule has 0 aromatic carbocycles. The van der Waals surface area contributed by atoms with E-state index < -0.39 is 0 Å². The van der Waals surface area contributed by atoms with Gasteiger partial charge in [0.25, 0.3) is 0 Å². The fraction of sp³-hybridized carbons (Fsp3) is 0.786. The first kappa shape index (κ1) is 13.6. The van der Waals surface area contributed by atoms with Crippen molar-refractivity contribution in [1.82, 2.24) is 15.1 Å². The molecule has 1 saturated heterocycles. The van der Waals surface area contributed by atoms with E-state index in [4.69, 9.17) is 4.74 Å².